The quantitative estimate of drug-likeness (QED) is 0.577. The molecule has 0 saturated carbocycles. The Kier molecular flexibility index (Phi) is 7.76. The first-order valence-electron chi connectivity index (χ1n) is 7.60. The lowest BCUT2D eigenvalue weighted by atomic mass is 9.96. The van der Waals surface area contributed by atoms with Crippen LogP contribution in [0.15, 0.2) is 24.3 Å². The number of ether oxygens (including phenoxy) is 1. The van der Waals surface area contributed by atoms with Crippen molar-refractivity contribution >= 4 is 12.0 Å². The van der Waals surface area contributed by atoms with Crippen LogP contribution in [0.25, 0.3) is 6.08 Å². The number of carbonyl (C=O) groups is 1. The van der Waals surface area contributed by atoms with Gasteiger partial charge in [-0.1, -0.05) is 62.1 Å². The molecule has 0 aliphatic carbocycles. The molecule has 1 aromatic rings. The Morgan fingerprint density at radius 3 is 2.81 bits per heavy atom. The van der Waals surface area contributed by atoms with Crippen LogP contribution in [0, 0.1) is 6.92 Å². The molecule has 1 N–H and O–H groups in total. The highest BCUT2D eigenvalue weighted by molar-refractivity contribution is 5.72. The average Bonchev–Trinajstić information content (AvgIpc) is 2.48. The van der Waals surface area contributed by atoms with E-state index in [2.05, 4.69) is 11.7 Å². The molecule has 3 heteroatoms. The van der Waals surface area contributed by atoms with Crippen molar-refractivity contribution in [1.29, 1.82) is 0 Å². The second-order valence-electron chi connectivity index (χ2n) is 5.33. The molecule has 0 spiro atoms. The van der Waals surface area contributed by atoms with Crippen LogP contribution in [-0.4, -0.2) is 18.2 Å². The lowest BCUT2D eigenvalue weighted by Gasteiger charge is -2.14. The zero-order chi connectivity index (χ0) is 15.7. The van der Waals surface area contributed by atoms with E-state index in [9.17, 15) is 9.90 Å². The van der Waals surface area contributed by atoms with E-state index in [4.69, 9.17) is 0 Å². The third kappa shape index (κ3) is 6.13. The van der Waals surface area contributed by atoms with Gasteiger partial charge >= 0.3 is 5.97 Å². The first-order valence-corrected chi connectivity index (χ1v) is 7.60. The highest BCUT2D eigenvalue weighted by Crippen LogP contribution is 2.25. The fourth-order valence-electron chi connectivity index (χ4n) is 2.24. The van der Waals surface area contributed by atoms with E-state index in [1.54, 1.807) is 6.08 Å². The van der Waals surface area contributed by atoms with E-state index in [1.165, 1.54) is 7.11 Å². The van der Waals surface area contributed by atoms with Crippen LogP contribution < -0.4 is 0 Å². The smallest absolute Gasteiger partial charge is 0.309 e. The summed E-state index contributed by atoms with van der Waals surface area (Å²) >= 11 is 0. The molecule has 0 aliphatic rings. The zero-order valence-electron chi connectivity index (χ0n) is 13.3. The predicted molar refractivity (Wildman–Crippen MR) is 85.9 cm³/mol. The normalized spacial score (nSPS) is 12.6. The highest BCUT2D eigenvalue weighted by Gasteiger charge is 2.11. The van der Waals surface area contributed by atoms with E-state index >= 15 is 0 Å². The van der Waals surface area contributed by atoms with E-state index < -0.39 is 6.10 Å². The summed E-state index contributed by atoms with van der Waals surface area (Å²) in [5.74, 6) is -0.261. The van der Waals surface area contributed by atoms with E-state index in [1.807, 2.05) is 31.2 Å². The van der Waals surface area contributed by atoms with Crippen LogP contribution in [0.2, 0.25) is 0 Å². The Morgan fingerprint density at radius 2 is 2.14 bits per heavy atom. The fourth-order valence-corrected chi connectivity index (χ4v) is 2.24. The standard InChI is InChI=1S/C18H26O3/c1-4-5-6-9-17(19)16-13-14(2)11-12-15(16)8-7-10-18(20)21-3/h7-8,11-13,17,19H,4-6,9-10H2,1-3H3/b8-7+. The minimum atomic E-state index is -0.450. The van der Waals surface area contributed by atoms with Gasteiger partial charge in [-0.3, -0.25) is 4.79 Å². The van der Waals surface area contributed by atoms with Crippen molar-refractivity contribution in [2.45, 2.75) is 52.1 Å². The van der Waals surface area contributed by atoms with Crippen molar-refractivity contribution in [2.75, 3.05) is 7.11 Å². The SMILES string of the molecule is CCCCCC(O)c1cc(C)ccc1/C=C/CC(=O)OC. The molecule has 0 aliphatic heterocycles. The van der Waals surface area contributed by atoms with Gasteiger partial charge < -0.3 is 9.84 Å². The monoisotopic (exact) mass is 290 g/mol. The maximum atomic E-state index is 11.1. The van der Waals surface area contributed by atoms with E-state index in [0.29, 0.717) is 0 Å². The molecule has 0 radical (unpaired) electrons. The van der Waals surface area contributed by atoms with Crippen LogP contribution in [0.3, 0.4) is 0 Å². The summed E-state index contributed by atoms with van der Waals surface area (Å²) in [5.41, 5.74) is 3.03. The second-order valence-corrected chi connectivity index (χ2v) is 5.33. The summed E-state index contributed by atoms with van der Waals surface area (Å²) < 4.78 is 4.61. The molecule has 0 aromatic heterocycles. The number of hydrogen-bond acceptors (Lipinski definition) is 3. The number of aliphatic hydroxyl groups excluding tert-OH is 1. The average molecular weight is 290 g/mol. The molecule has 1 aromatic carbocycles. The van der Waals surface area contributed by atoms with E-state index in [0.717, 1.165) is 42.4 Å². The summed E-state index contributed by atoms with van der Waals surface area (Å²) in [6.45, 7) is 4.17. The molecule has 1 unspecified atom stereocenters. The lowest BCUT2D eigenvalue weighted by molar-refractivity contribution is -0.139. The maximum Gasteiger partial charge on any atom is 0.309 e. The number of methoxy groups -OCH3 is 1. The number of esters is 1. The first-order chi connectivity index (χ1) is 10.1. The molecule has 1 atom stereocenters. The topological polar surface area (TPSA) is 46.5 Å². The van der Waals surface area contributed by atoms with Crippen LogP contribution in [0.4, 0.5) is 0 Å². The number of aryl methyl sites for hydroxylation is 1. The maximum absolute atomic E-state index is 11.1. The molecular formula is C18H26O3. The van der Waals surface area contributed by atoms with Crippen LogP contribution in [0.1, 0.15) is 61.8 Å². The van der Waals surface area contributed by atoms with Gasteiger partial charge in [-0.2, -0.15) is 0 Å². The zero-order valence-corrected chi connectivity index (χ0v) is 13.3. The van der Waals surface area contributed by atoms with E-state index in [-0.39, 0.29) is 12.4 Å². The molecule has 0 heterocycles. The Balaban J connectivity index is 2.81. The van der Waals surface area contributed by atoms with Crippen LogP contribution in [0.5, 0.6) is 0 Å². The fraction of sp³-hybridized carbons (Fsp3) is 0.500. The molecular weight excluding hydrogens is 264 g/mol. The largest absolute Gasteiger partial charge is 0.469 e. The minimum absolute atomic E-state index is 0.246. The molecule has 0 amide bonds. The van der Waals surface area contributed by atoms with Gasteiger partial charge in [-0.15, -0.1) is 0 Å². The van der Waals surface area contributed by atoms with Gasteiger partial charge in [-0.25, -0.2) is 0 Å². The summed E-state index contributed by atoms with van der Waals surface area (Å²) in [7, 11) is 1.38. The van der Waals surface area contributed by atoms with Gasteiger partial charge in [-0.05, 0) is 24.5 Å². The number of aliphatic hydroxyl groups is 1. The van der Waals surface area contributed by atoms with Gasteiger partial charge in [0.05, 0.1) is 19.6 Å². The summed E-state index contributed by atoms with van der Waals surface area (Å²) in [6, 6.07) is 6.02. The lowest BCUT2D eigenvalue weighted by Crippen LogP contribution is -2.01. The summed E-state index contributed by atoms with van der Waals surface area (Å²) in [4.78, 5) is 11.1. The van der Waals surface area contributed by atoms with Gasteiger partial charge in [0.15, 0.2) is 0 Å². The molecule has 1 rings (SSSR count). The van der Waals surface area contributed by atoms with Crippen molar-refractivity contribution in [3.05, 3.63) is 41.0 Å². The van der Waals surface area contributed by atoms with Crippen molar-refractivity contribution in [3.8, 4) is 0 Å². The molecule has 21 heavy (non-hydrogen) atoms. The number of hydrogen-bond donors (Lipinski definition) is 1. The number of benzene rings is 1. The third-order valence-electron chi connectivity index (χ3n) is 3.49. The van der Waals surface area contributed by atoms with Crippen molar-refractivity contribution in [2.24, 2.45) is 0 Å². The summed E-state index contributed by atoms with van der Waals surface area (Å²) in [5, 5.41) is 10.4. The van der Waals surface area contributed by atoms with Crippen LogP contribution >= 0.6 is 0 Å². The third-order valence-corrected chi connectivity index (χ3v) is 3.49. The highest BCUT2D eigenvalue weighted by atomic mass is 16.5. The van der Waals surface area contributed by atoms with Crippen molar-refractivity contribution in [1.82, 2.24) is 0 Å². The molecule has 3 nitrogen and oxygen atoms in total. The van der Waals surface area contributed by atoms with Gasteiger partial charge in [0.1, 0.15) is 0 Å². The predicted octanol–water partition coefficient (Wildman–Crippen LogP) is 4.19. The van der Waals surface area contributed by atoms with Crippen molar-refractivity contribution < 1.29 is 14.6 Å². The number of rotatable bonds is 8. The second kappa shape index (κ2) is 9.35. The van der Waals surface area contributed by atoms with Gasteiger partial charge in [0.2, 0.25) is 0 Å². The molecule has 116 valence electrons. The number of unbranched alkanes of at least 4 members (excludes halogenated alkanes) is 2. The molecule has 0 bridgehead atoms. The van der Waals surface area contributed by atoms with Gasteiger partial charge in [0, 0.05) is 0 Å². The molecule has 0 saturated heterocycles. The first kappa shape index (κ1) is 17.4. The Bertz CT molecular complexity index is 477. The van der Waals surface area contributed by atoms with Crippen molar-refractivity contribution in [3.63, 3.8) is 0 Å². The minimum Gasteiger partial charge on any atom is -0.469 e. The van der Waals surface area contributed by atoms with Gasteiger partial charge in [0.25, 0.3) is 0 Å². The Morgan fingerprint density at radius 1 is 1.38 bits per heavy atom. The molecule has 0 fully saturated rings. The van der Waals surface area contributed by atoms with Crippen LogP contribution in [-0.2, 0) is 9.53 Å². The summed E-state index contributed by atoms with van der Waals surface area (Å²) in [6.07, 6.45) is 7.53. The Hall–Kier alpha value is -1.61. The number of carbonyl (C=O) groups excluding carboxylic acids is 1. The Labute approximate surface area is 127 Å².